The van der Waals surface area contributed by atoms with Crippen LogP contribution in [0.5, 0.6) is 0 Å². The molecule has 0 spiro atoms. The number of rotatable bonds is 5. The van der Waals surface area contributed by atoms with Crippen LogP contribution in [0.15, 0.2) is 22.7 Å². The number of hydrogen-bond acceptors (Lipinski definition) is 5. The van der Waals surface area contributed by atoms with Crippen LogP contribution in [-0.2, 0) is 16.0 Å². The molecule has 128 valence electrons. The smallest absolute Gasteiger partial charge is 0.344 e. The van der Waals surface area contributed by atoms with Crippen LogP contribution in [0, 0.1) is 13.8 Å². The minimum absolute atomic E-state index is 0.274. The molecule has 0 fully saturated rings. The molecule has 0 aliphatic heterocycles. The first-order valence-electron chi connectivity index (χ1n) is 7.56. The first-order chi connectivity index (χ1) is 11.3. The molecule has 0 unspecified atom stereocenters. The van der Waals surface area contributed by atoms with Gasteiger partial charge in [0.25, 0.3) is 5.91 Å². The number of carbonyl (C=O) groups excluding carboxylic acids is 2. The van der Waals surface area contributed by atoms with Crippen LogP contribution in [0.1, 0.15) is 41.2 Å². The Morgan fingerprint density at radius 1 is 1.38 bits per heavy atom. The van der Waals surface area contributed by atoms with Gasteiger partial charge in [-0.25, -0.2) is 4.79 Å². The quantitative estimate of drug-likeness (QED) is 0.831. The minimum Gasteiger partial charge on any atom is -0.449 e. The number of benzene rings is 1. The van der Waals surface area contributed by atoms with Gasteiger partial charge in [-0.2, -0.15) is 0 Å². The van der Waals surface area contributed by atoms with Crippen molar-refractivity contribution in [1.29, 1.82) is 0 Å². The lowest BCUT2D eigenvalue weighted by Gasteiger charge is -2.15. The molecule has 24 heavy (non-hydrogen) atoms. The normalized spacial score (nSPS) is 11.9. The largest absolute Gasteiger partial charge is 0.449 e. The molecule has 0 saturated heterocycles. The Kier molecular flexibility index (Phi) is 5.62. The van der Waals surface area contributed by atoms with Gasteiger partial charge in [0.05, 0.1) is 5.69 Å². The van der Waals surface area contributed by atoms with Crippen molar-refractivity contribution in [2.75, 3.05) is 5.32 Å². The average molecular weight is 351 g/mol. The summed E-state index contributed by atoms with van der Waals surface area (Å²) in [5.41, 5.74) is 2.21. The molecule has 0 radical (unpaired) electrons. The SMILES string of the molecule is CCc1noc(C)c1C(=O)O[C@H](C)C(=O)Nc1cc(Cl)ccc1C. The number of esters is 1. The highest BCUT2D eigenvalue weighted by Crippen LogP contribution is 2.21. The van der Waals surface area contributed by atoms with Crippen LogP contribution in [0.25, 0.3) is 0 Å². The molecule has 0 saturated carbocycles. The van der Waals surface area contributed by atoms with E-state index in [0.717, 1.165) is 5.56 Å². The van der Waals surface area contributed by atoms with Gasteiger partial charge in [-0.3, -0.25) is 4.79 Å². The first kappa shape index (κ1) is 18.0. The lowest BCUT2D eigenvalue weighted by atomic mass is 10.1. The van der Waals surface area contributed by atoms with Gasteiger partial charge in [-0.1, -0.05) is 29.7 Å². The topological polar surface area (TPSA) is 81.4 Å². The second kappa shape index (κ2) is 7.49. The van der Waals surface area contributed by atoms with E-state index in [4.69, 9.17) is 20.9 Å². The Balaban J connectivity index is 2.07. The van der Waals surface area contributed by atoms with Crippen LogP contribution < -0.4 is 5.32 Å². The van der Waals surface area contributed by atoms with E-state index in [9.17, 15) is 9.59 Å². The highest BCUT2D eigenvalue weighted by Gasteiger charge is 2.25. The molecule has 7 heteroatoms. The Hall–Kier alpha value is -2.34. The summed E-state index contributed by atoms with van der Waals surface area (Å²) in [4.78, 5) is 24.5. The van der Waals surface area contributed by atoms with Crippen molar-refractivity contribution >= 4 is 29.2 Å². The molecule has 1 heterocycles. The number of carbonyl (C=O) groups is 2. The Labute approximate surface area is 145 Å². The Morgan fingerprint density at radius 2 is 2.08 bits per heavy atom. The number of ether oxygens (including phenoxy) is 1. The number of aromatic nitrogens is 1. The van der Waals surface area contributed by atoms with E-state index in [1.54, 1.807) is 25.1 Å². The monoisotopic (exact) mass is 350 g/mol. The third-order valence-corrected chi connectivity index (χ3v) is 3.82. The molecule has 2 rings (SSSR count). The fourth-order valence-corrected chi connectivity index (χ4v) is 2.33. The maximum atomic E-state index is 12.3. The minimum atomic E-state index is -0.977. The fourth-order valence-electron chi connectivity index (χ4n) is 2.16. The predicted octanol–water partition coefficient (Wildman–Crippen LogP) is 3.69. The molecule has 1 N–H and O–H groups in total. The molecule has 1 atom stereocenters. The summed E-state index contributed by atoms with van der Waals surface area (Å²) >= 11 is 5.93. The zero-order valence-corrected chi connectivity index (χ0v) is 14.7. The van der Waals surface area contributed by atoms with Gasteiger partial charge >= 0.3 is 5.97 Å². The maximum absolute atomic E-state index is 12.3. The van der Waals surface area contributed by atoms with Crippen molar-refractivity contribution in [1.82, 2.24) is 5.16 Å². The Bertz CT molecular complexity index is 770. The van der Waals surface area contributed by atoms with Crippen LogP contribution in [0.4, 0.5) is 5.69 Å². The molecule has 0 bridgehead atoms. The van der Waals surface area contributed by atoms with E-state index in [1.807, 2.05) is 13.8 Å². The summed E-state index contributed by atoms with van der Waals surface area (Å²) in [6, 6.07) is 5.17. The summed E-state index contributed by atoms with van der Waals surface area (Å²) in [7, 11) is 0. The third kappa shape index (κ3) is 3.94. The van der Waals surface area contributed by atoms with Gasteiger partial charge in [0.15, 0.2) is 6.10 Å². The van der Waals surface area contributed by atoms with Crippen molar-refractivity contribution in [2.24, 2.45) is 0 Å². The number of hydrogen-bond donors (Lipinski definition) is 1. The van der Waals surface area contributed by atoms with E-state index in [0.29, 0.717) is 28.6 Å². The van der Waals surface area contributed by atoms with Crippen LogP contribution in [-0.4, -0.2) is 23.1 Å². The van der Waals surface area contributed by atoms with E-state index < -0.39 is 18.0 Å². The average Bonchev–Trinajstić information content (AvgIpc) is 2.91. The van der Waals surface area contributed by atoms with Gasteiger partial charge < -0.3 is 14.6 Å². The number of amides is 1. The maximum Gasteiger partial charge on any atom is 0.344 e. The van der Waals surface area contributed by atoms with E-state index in [2.05, 4.69) is 10.5 Å². The summed E-state index contributed by atoms with van der Waals surface area (Å²) in [5.74, 6) is -0.702. The van der Waals surface area contributed by atoms with Crippen molar-refractivity contribution in [3.8, 4) is 0 Å². The molecular formula is C17H19ClN2O4. The van der Waals surface area contributed by atoms with Crippen LogP contribution in [0.3, 0.4) is 0 Å². The van der Waals surface area contributed by atoms with Crippen molar-refractivity contribution in [3.63, 3.8) is 0 Å². The molecule has 1 aromatic carbocycles. The van der Waals surface area contributed by atoms with Crippen LogP contribution in [0.2, 0.25) is 5.02 Å². The second-order valence-corrected chi connectivity index (χ2v) is 5.85. The summed E-state index contributed by atoms with van der Waals surface area (Å²) in [5, 5.41) is 7.02. The molecule has 2 aromatic rings. The van der Waals surface area contributed by atoms with Crippen LogP contribution >= 0.6 is 11.6 Å². The molecular weight excluding hydrogens is 332 g/mol. The molecule has 0 aliphatic rings. The van der Waals surface area contributed by atoms with Crippen molar-refractivity contribution < 1.29 is 18.8 Å². The lowest BCUT2D eigenvalue weighted by molar-refractivity contribution is -0.123. The number of halogens is 1. The molecule has 1 amide bonds. The van der Waals surface area contributed by atoms with Crippen molar-refractivity contribution in [3.05, 3.63) is 45.8 Å². The predicted molar refractivity (Wildman–Crippen MR) is 90.3 cm³/mol. The van der Waals surface area contributed by atoms with E-state index >= 15 is 0 Å². The highest BCUT2D eigenvalue weighted by atomic mass is 35.5. The number of aryl methyl sites for hydroxylation is 3. The van der Waals surface area contributed by atoms with Gasteiger partial charge in [0.2, 0.25) is 0 Å². The fraction of sp³-hybridized carbons (Fsp3) is 0.353. The second-order valence-electron chi connectivity index (χ2n) is 5.41. The van der Waals surface area contributed by atoms with E-state index in [1.165, 1.54) is 6.92 Å². The number of nitrogens with zero attached hydrogens (tertiary/aromatic N) is 1. The number of anilines is 1. The molecule has 1 aromatic heterocycles. The zero-order valence-electron chi connectivity index (χ0n) is 14.0. The summed E-state index contributed by atoms with van der Waals surface area (Å²) < 4.78 is 10.2. The highest BCUT2D eigenvalue weighted by molar-refractivity contribution is 6.31. The molecule has 6 nitrogen and oxygen atoms in total. The lowest BCUT2D eigenvalue weighted by Crippen LogP contribution is -2.30. The summed E-state index contributed by atoms with van der Waals surface area (Å²) in [6.07, 6.45) is -0.445. The van der Waals surface area contributed by atoms with Gasteiger partial charge in [-0.15, -0.1) is 0 Å². The number of nitrogens with one attached hydrogen (secondary N) is 1. The van der Waals surface area contributed by atoms with Gasteiger partial charge in [-0.05, 0) is 44.9 Å². The van der Waals surface area contributed by atoms with Gasteiger partial charge in [0, 0.05) is 10.7 Å². The van der Waals surface area contributed by atoms with Gasteiger partial charge in [0.1, 0.15) is 11.3 Å². The van der Waals surface area contributed by atoms with E-state index in [-0.39, 0.29) is 5.56 Å². The molecule has 0 aliphatic carbocycles. The first-order valence-corrected chi connectivity index (χ1v) is 7.94. The zero-order chi connectivity index (χ0) is 17.9. The Morgan fingerprint density at radius 3 is 2.75 bits per heavy atom. The summed E-state index contributed by atoms with van der Waals surface area (Å²) in [6.45, 7) is 6.83. The van der Waals surface area contributed by atoms with Crippen molar-refractivity contribution in [2.45, 2.75) is 40.2 Å². The standard InChI is InChI=1S/C17H19ClN2O4/c1-5-13-15(10(3)24-20-13)17(22)23-11(4)16(21)19-14-8-12(18)7-6-9(14)2/h6-8,11H,5H2,1-4H3,(H,19,21)/t11-/m1/s1. The third-order valence-electron chi connectivity index (χ3n) is 3.58.